The number of rotatable bonds is 5. The average Bonchev–Trinajstić information content (AvgIpc) is 3.00. The van der Waals surface area contributed by atoms with Crippen molar-refractivity contribution in [3.8, 4) is 5.75 Å². The van der Waals surface area contributed by atoms with Crippen LogP contribution in [0, 0.1) is 6.92 Å². The fourth-order valence-electron chi connectivity index (χ4n) is 2.21. The molecule has 0 atom stereocenters. The SMILES string of the molecule is COc1cc(C)c(Cl)cc1CN(C)CC1(N)CC1. The molecule has 0 heterocycles. The van der Waals surface area contributed by atoms with E-state index < -0.39 is 0 Å². The molecular weight excluding hydrogens is 248 g/mol. The smallest absolute Gasteiger partial charge is 0.123 e. The van der Waals surface area contributed by atoms with Gasteiger partial charge in [-0.25, -0.2) is 0 Å². The van der Waals surface area contributed by atoms with Crippen LogP contribution in [-0.4, -0.2) is 31.1 Å². The summed E-state index contributed by atoms with van der Waals surface area (Å²) in [6.45, 7) is 3.71. The predicted octanol–water partition coefficient (Wildman–Crippen LogP) is 2.58. The van der Waals surface area contributed by atoms with Crippen LogP contribution in [-0.2, 0) is 6.54 Å². The molecule has 2 rings (SSSR count). The highest BCUT2D eigenvalue weighted by Gasteiger charge is 2.38. The van der Waals surface area contributed by atoms with Gasteiger partial charge in [0.15, 0.2) is 0 Å². The van der Waals surface area contributed by atoms with E-state index >= 15 is 0 Å². The van der Waals surface area contributed by atoms with Crippen molar-refractivity contribution in [1.29, 1.82) is 0 Å². The molecule has 0 spiro atoms. The quantitative estimate of drug-likeness (QED) is 0.892. The summed E-state index contributed by atoms with van der Waals surface area (Å²) >= 11 is 6.17. The second-order valence-electron chi connectivity index (χ2n) is 5.45. The van der Waals surface area contributed by atoms with E-state index in [-0.39, 0.29) is 5.54 Å². The maximum atomic E-state index is 6.17. The summed E-state index contributed by atoms with van der Waals surface area (Å²) in [5.74, 6) is 0.894. The van der Waals surface area contributed by atoms with Crippen LogP contribution in [0.25, 0.3) is 0 Å². The van der Waals surface area contributed by atoms with Crippen LogP contribution in [0.1, 0.15) is 24.0 Å². The van der Waals surface area contributed by atoms with Crippen LogP contribution in [0.4, 0.5) is 0 Å². The van der Waals surface area contributed by atoms with Gasteiger partial charge in [-0.05, 0) is 44.5 Å². The Bertz CT molecular complexity index is 444. The minimum Gasteiger partial charge on any atom is -0.496 e. The summed E-state index contributed by atoms with van der Waals surface area (Å²) in [6.07, 6.45) is 2.26. The molecule has 3 nitrogen and oxygen atoms in total. The number of nitrogens with zero attached hydrogens (tertiary/aromatic N) is 1. The van der Waals surface area contributed by atoms with Gasteiger partial charge in [0.25, 0.3) is 0 Å². The zero-order chi connectivity index (χ0) is 13.3. The van der Waals surface area contributed by atoms with E-state index in [4.69, 9.17) is 22.1 Å². The third kappa shape index (κ3) is 3.16. The lowest BCUT2D eigenvalue weighted by Gasteiger charge is -2.22. The first-order valence-electron chi connectivity index (χ1n) is 6.24. The van der Waals surface area contributed by atoms with Gasteiger partial charge in [-0.1, -0.05) is 11.6 Å². The molecule has 1 aromatic rings. The number of hydrogen-bond donors (Lipinski definition) is 1. The molecule has 0 aliphatic heterocycles. The van der Waals surface area contributed by atoms with E-state index in [0.717, 1.165) is 47.8 Å². The number of benzene rings is 1. The van der Waals surface area contributed by atoms with Crippen molar-refractivity contribution in [2.24, 2.45) is 5.73 Å². The molecule has 0 bridgehead atoms. The van der Waals surface area contributed by atoms with Gasteiger partial charge in [-0.2, -0.15) is 0 Å². The Labute approximate surface area is 114 Å². The predicted molar refractivity (Wildman–Crippen MR) is 75.2 cm³/mol. The Hall–Kier alpha value is -0.770. The summed E-state index contributed by atoms with van der Waals surface area (Å²) in [5, 5.41) is 0.785. The molecule has 1 saturated carbocycles. The van der Waals surface area contributed by atoms with E-state index in [0.29, 0.717) is 0 Å². The first kappa shape index (κ1) is 13.7. The van der Waals surface area contributed by atoms with Crippen molar-refractivity contribution < 1.29 is 4.74 Å². The monoisotopic (exact) mass is 268 g/mol. The molecule has 1 aromatic carbocycles. The minimum absolute atomic E-state index is 0.0382. The van der Waals surface area contributed by atoms with Gasteiger partial charge < -0.3 is 15.4 Å². The Balaban J connectivity index is 2.09. The maximum absolute atomic E-state index is 6.17. The van der Waals surface area contributed by atoms with Crippen LogP contribution in [0.5, 0.6) is 5.75 Å². The summed E-state index contributed by atoms with van der Waals surface area (Å²) < 4.78 is 5.41. The van der Waals surface area contributed by atoms with Gasteiger partial charge in [-0.15, -0.1) is 0 Å². The van der Waals surface area contributed by atoms with Crippen LogP contribution < -0.4 is 10.5 Å². The van der Waals surface area contributed by atoms with E-state index in [2.05, 4.69) is 11.9 Å². The summed E-state index contributed by atoms with van der Waals surface area (Å²) in [5.41, 5.74) is 8.32. The van der Waals surface area contributed by atoms with Crippen molar-refractivity contribution in [3.05, 3.63) is 28.3 Å². The van der Waals surface area contributed by atoms with Crippen molar-refractivity contribution in [3.63, 3.8) is 0 Å². The van der Waals surface area contributed by atoms with Crippen LogP contribution in [0.2, 0.25) is 5.02 Å². The first-order chi connectivity index (χ1) is 8.43. The second kappa shape index (κ2) is 5.08. The average molecular weight is 269 g/mol. The topological polar surface area (TPSA) is 38.5 Å². The third-order valence-corrected chi connectivity index (χ3v) is 3.89. The van der Waals surface area contributed by atoms with Gasteiger partial charge in [0.1, 0.15) is 5.75 Å². The zero-order valence-electron chi connectivity index (χ0n) is 11.3. The number of nitrogens with two attached hydrogens (primary N) is 1. The maximum Gasteiger partial charge on any atom is 0.123 e. The molecule has 0 aromatic heterocycles. The van der Waals surface area contributed by atoms with E-state index in [9.17, 15) is 0 Å². The highest BCUT2D eigenvalue weighted by Crippen LogP contribution is 2.33. The number of ether oxygens (including phenoxy) is 1. The van der Waals surface area contributed by atoms with Crippen molar-refractivity contribution >= 4 is 11.6 Å². The molecule has 0 saturated heterocycles. The summed E-state index contributed by atoms with van der Waals surface area (Å²) in [4.78, 5) is 2.23. The molecule has 0 radical (unpaired) electrons. The minimum atomic E-state index is 0.0382. The fourth-order valence-corrected chi connectivity index (χ4v) is 2.40. The first-order valence-corrected chi connectivity index (χ1v) is 6.62. The Morgan fingerprint density at radius 3 is 2.67 bits per heavy atom. The van der Waals surface area contributed by atoms with Crippen molar-refractivity contribution in [2.75, 3.05) is 20.7 Å². The molecule has 100 valence electrons. The molecule has 0 amide bonds. The zero-order valence-corrected chi connectivity index (χ0v) is 12.0. The normalized spacial score (nSPS) is 17.0. The summed E-state index contributed by atoms with van der Waals surface area (Å²) in [7, 11) is 3.78. The second-order valence-corrected chi connectivity index (χ2v) is 5.86. The lowest BCUT2D eigenvalue weighted by Crippen LogP contribution is -2.36. The molecule has 2 N–H and O–H groups in total. The molecular formula is C14H21ClN2O. The van der Waals surface area contributed by atoms with Gasteiger partial charge >= 0.3 is 0 Å². The fraction of sp³-hybridized carbons (Fsp3) is 0.571. The van der Waals surface area contributed by atoms with Crippen LogP contribution >= 0.6 is 11.6 Å². The van der Waals surface area contributed by atoms with Gasteiger partial charge in [-0.3, -0.25) is 0 Å². The third-order valence-electron chi connectivity index (χ3n) is 3.48. The standard InChI is InChI=1S/C14H21ClN2O/c1-10-6-13(18-3)11(7-12(10)15)8-17(2)9-14(16)4-5-14/h6-7H,4-5,8-9,16H2,1-3H3. The molecule has 1 aliphatic rings. The number of likely N-dealkylation sites (N-methyl/N-ethyl adjacent to an activating group) is 1. The van der Waals surface area contributed by atoms with Crippen LogP contribution in [0.15, 0.2) is 12.1 Å². The van der Waals surface area contributed by atoms with Crippen molar-refractivity contribution in [2.45, 2.75) is 31.8 Å². The number of aryl methyl sites for hydroxylation is 1. The van der Waals surface area contributed by atoms with Gasteiger partial charge in [0.2, 0.25) is 0 Å². The van der Waals surface area contributed by atoms with E-state index in [1.165, 1.54) is 0 Å². The highest BCUT2D eigenvalue weighted by atomic mass is 35.5. The largest absolute Gasteiger partial charge is 0.496 e. The Kier molecular flexibility index (Phi) is 3.85. The molecule has 4 heteroatoms. The number of methoxy groups -OCH3 is 1. The van der Waals surface area contributed by atoms with E-state index in [1.807, 2.05) is 19.1 Å². The van der Waals surface area contributed by atoms with Gasteiger partial charge in [0, 0.05) is 29.2 Å². The lowest BCUT2D eigenvalue weighted by atomic mass is 10.1. The Morgan fingerprint density at radius 2 is 2.11 bits per heavy atom. The lowest BCUT2D eigenvalue weighted by molar-refractivity contribution is 0.289. The molecule has 1 fully saturated rings. The van der Waals surface area contributed by atoms with Crippen LogP contribution in [0.3, 0.4) is 0 Å². The Morgan fingerprint density at radius 1 is 1.44 bits per heavy atom. The van der Waals surface area contributed by atoms with Gasteiger partial charge in [0.05, 0.1) is 7.11 Å². The van der Waals surface area contributed by atoms with E-state index in [1.54, 1.807) is 7.11 Å². The summed E-state index contributed by atoms with van der Waals surface area (Å²) in [6, 6.07) is 3.98. The number of halogens is 1. The molecule has 0 unspecified atom stereocenters. The molecule has 1 aliphatic carbocycles. The molecule has 18 heavy (non-hydrogen) atoms. The van der Waals surface area contributed by atoms with Crippen molar-refractivity contribution in [1.82, 2.24) is 4.90 Å². The highest BCUT2D eigenvalue weighted by molar-refractivity contribution is 6.31. The number of hydrogen-bond acceptors (Lipinski definition) is 3.